The van der Waals surface area contributed by atoms with Gasteiger partial charge in [-0.15, -0.1) is 0 Å². The minimum Gasteiger partial charge on any atom is -0.463 e. The van der Waals surface area contributed by atoms with E-state index in [1.807, 2.05) is 0 Å². The van der Waals surface area contributed by atoms with Crippen molar-refractivity contribution in [1.82, 2.24) is 0 Å². The molecular formula is C23H30O12S. The van der Waals surface area contributed by atoms with Crippen LogP contribution in [0.25, 0.3) is 0 Å². The van der Waals surface area contributed by atoms with Gasteiger partial charge in [0.05, 0.1) is 4.90 Å². The Bertz CT molecular complexity index is 1070. The molecule has 200 valence electrons. The monoisotopic (exact) mass is 530 g/mol. The fraction of sp³-hybridized carbons (Fsp3) is 0.565. The summed E-state index contributed by atoms with van der Waals surface area (Å²) in [6.07, 6.45) is -8.07. The molecule has 1 heterocycles. The molecule has 0 N–H and O–H groups in total. The molecule has 0 radical (unpaired) electrons. The van der Waals surface area contributed by atoms with E-state index in [-0.39, 0.29) is 4.90 Å². The lowest BCUT2D eigenvalue weighted by molar-refractivity contribution is -0.262. The van der Waals surface area contributed by atoms with Crippen molar-refractivity contribution in [2.45, 2.75) is 83.1 Å². The van der Waals surface area contributed by atoms with Crippen LogP contribution in [0.5, 0.6) is 0 Å². The predicted molar refractivity (Wildman–Crippen MR) is 121 cm³/mol. The van der Waals surface area contributed by atoms with Crippen molar-refractivity contribution < 1.29 is 55.5 Å². The van der Waals surface area contributed by atoms with Gasteiger partial charge in [0.25, 0.3) is 10.1 Å². The van der Waals surface area contributed by atoms with Gasteiger partial charge in [0.1, 0.15) is 24.9 Å². The first-order valence-electron chi connectivity index (χ1n) is 11.0. The van der Waals surface area contributed by atoms with Gasteiger partial charge in [0, 0.05) is 27.7 Å². The van der Waals surface area contributed by atoms with Gasteiger partial charge in [-0.3, -0.25) is 23.4 Å². The first kappa shape index (κ1) is 29.2. The second-order valence-corrected chi connectivity index (χ2v) is 9.80. The van der Waals surface area contributed by atoms with Crippen molar-refractivity contribution in [3.63, 3.8) is 0 Å². The first-order chi connectivity index (χ1) is 16.7. The van der Waals surface area contributed by atoms with Gasteiger partial charge in [-0.25, -0.2) is 0 Å². The Balaban J connectivity index is 2.48. The molecule has 1 aromatic carbocycles. The predicted octanol–water partition coefficient (Wildman–Crippen LogP) is 1.21. The topological polar surface area (TPSA) is 158 Å². The van der Waals surface area contributed by atoms with Crippen molar-refractivity contribution in [3.8, 4) is 0 Å². The van der Waals surface area contributed by atoms with Crippen LogP contribution < -0.4 is 0 Å². The number of carbonyl (C=O) groups is 4. The van der Waals surface area contributed by atoms with Gasteiger partial charge in [-0.1, -0.05) is 17.7 Å². The molecule has 1 aliphatic rings. The summed E-state index contributed by atoms with van der Waals surface area (Å²) in [6.45, 7) is 7.12. The number of rotatable bonds is 9. The number of esters is 4. The molecule has 0 bridgehead atoms. The molecule has 0 saturated carbocycles. The quantitative estimate of drug-likeness (QED) is 0.256. The molecule has 1 aromatic rings. The smallest absolute Gasteiger partial charge is 0.303 e. The summed E-state index contributed by atoms with van der Waals surface area (Å²) >= 11 is 0. The molecule has 0 spiro atoms. The highest BCUT2D eigenvalue weighted by atomic mass is 32.2. The van der Waals surface area contributed by atoms with Gasteiger partial charge in [-0.2, -0.15) is 8.42 Å². The second-order valence-electron chi connectivity index (χ2n) is 8.23. The zero-order chi connectivity index (χ0) is 27.2. The maximum absolute atomic E-state index is 12.9. The number of aryl methyl sites for hydroxylation is 1. The Kier molecular flexibility index (Phi) is 9.96. The first-order valence-corrected chi connectivity index (χ1v) is 12.4. The van der Waals surface area contributed by atoms with Gasteiger partial charge >= 0.3 is 23.9 Å². The van der Waals surface area contributed by atoms with Crippen molar-refractivity contribution in [3.05, 3.63) is 29.8 Å². The highest BCUT2D eigenvalue weighted by molar-refractivity contribution is 7.86. The molecule has 0 aromatic heterocycles. The van der Waals surface area contributed by atoms with Gasteiger partial charge in [-0.05, 0) is 26.0 Å². The molecule has 1 fully saturated rings. The lowest BCUT2D eigenvalue weighted by Crippen LogP contribution is -2.64. The molecular weight excluding hydrogens is 500 g/mol. The zero-order valence-corrected chi connectivity index (χ0v) is 21.6. The van der Waals surface area contributed by atoms with Crippen LogP contribution in [0.4, 0.5) is 0 Å². The van der Waals surface area contributed by atoms with Crippen LogP contribution in [0, 0.1) is 6.92 Å². The lowest BCUT2D eigenvalue weighted by atomic mass is 9.92. The van der Waals surface area contributed by atoms with Crippen molar-refractivity contribution in [1.29, 1.82) is 0 Å². The Labute approximate surface area is 209 Å². The average molecular weight is 531 g/mol. The second kappa shape index (κ2) is 12.3. The summed E-state index contributed by atoms with van der Waals surface area (Å²) in [5.74, 6) is -3.06. The molecule has 1 aliphatic heterocycles. The lowest BCUT2D eigenvalue weighted by Gasteiger charge is -2.45. The fourth-order valence-electron chi connectivity index (χ4n) is 3.65. The summed E-state index contributed by atoms with van der Waals surface area (Å²) in [5, 5.41) is 0. The van der Waals surface area contributed by atoms with Crippen LogP contribution in [-0.4, -0.2) is 75.5 Å². The Hall–Kier alpha value is -3.03. The molecule has 12 nitrogen and oxygen atoms in total. The summed E-state index contributed by atoms with van der Waals surface area (Å²) in [4.78, 5) is 46.9. The minimum absolute atomic E-state index is 0.120. The number of carbonyl (C=O) groups excluding carboxylic acids is 4. The standard InChI is InChI=1S/C23H30O12S/c1-12-7-9-18(10-8-12)36(28,29)35-13(2)20-22(32-16(5)26)23(33-17(6)27)21(31-15(4)25)19(34-20)11-30-14(3)24/h7-10,13,19-23H,11H2,1-6H3. The van der Waals surface area contributed by atoms with Crippen LogP contribution in [-0.2, 0) is 57.2 Å². The summed E-state index contributed by atoms with van der Waals surface area (Å²) in [6, 6.07) is 5.92. The van der Waals surface area contributed by atoms with Crippen LogP contribution in [0.15, 0.2) is 29.2 Å². The highest BCUT2D eigenvalue weighted by Crippen LogP contribution is 2.32. The molecule has 13 heteroatoms. The van der Waals surface area contributed by atoms with E-state index in [0.717, 1.165) is 33.3 Å². The van der Waals surface area contributed by atoms with E-state index in [9.17, 15) is 27.6 Å². The van der Waals surface area contributed by atoms with E-state index in [0.29, 0.717) is 0 Å². The third-order valence-corrected chi connectivity index (χ3v) is 6.48. The zero-order valence-electron chi connectivity index (χ0n) is 20.8. The van der Waals surface area contributed by atoms with Gasteiger partial charge < -0.3 is 23.7 Å². The maximum atomic E-state index is 12.9. The van der Waals surface area contributed by atoms with E-state index >= 15 is 0 Å². The van der Waals surface area contributed by atoms with E-state index < -0.39 is 77.2 Å². The van der Waals surface area contributed by atoms with E-state index in [4.69, 9.17) is 27.9 Å². The molecule has 1 saturated heterocycles. The van der Waals surface area contributed by atoms with Crippen LogP contribution in [0.3, 0.4) is 0 Å². The van der Waals surface area contributed by atoms with Crippen LogP contribution in [0.1, 0.15) is 40.2 Å². The third kappa shape index (κ3) is 8.00. The summed E-state index contributed by atoms with van der Waals surface area (Å²) < 4.78 is 58.0. The SMILES string of the molecule is CC(=O)OCC1OC(C(C)OS(=O)(=O)c2ccc(C)cc2)C(OC(C)=O)C(OC(C)=O)C1OC(C)=O. The maximum Gasteiger partial charge on any atom is 0.303 e. The molecule has 0 aliphatic carbocycles. The molecule has 2 rings (SSSR count). The van der Waals surface area contributed by atoms with Gasteiger partial charge in [0.2, 0.25) is 0 Å². The number of ether oxygens (including phenoxy) is 5. The van der Waals surface area contributed by atoms with Gasteiger partial charge in [0.15, 0.2) is 18.3 Å². The minimum atomic E-state index is -4.29. The third-order valence-electron chi connectivity index (χ3n) is 5.08. The van der Waals surface area contributed by atoms with Crippen molar-refractivity contribution in [2.24, 2.45) is 0 Å². The van der Waals surface area contributed by atoms with Crippen LogP contribution >= 0.6 is 0 Å². The van der Waals surface area contributed by atoms with Crippen molar-refractivity contribution >= 4 is 34.0 Å². The van der Waals surface area contributed by atoms with E-state index in [2.05, 4.69) is 0 Å². The Morgan fingerprint density at radius 1 is 0.833 bits per heavy atom. The Morgan fingerprint density at radius 3 is 1.83 bits per heavy atom. The largest absolute Gasteiger partial charge is 0.463 e. The number of hydrogen-bond donors (Lipinski definition) is 0. The summed E-state index contributed by atoms with van der Waals surface area (Å²) in [7, 11) is -4.29. The van der Waals surface area contributed by atoms with E-state index in [1.54, 1.807) is 19.1 Å². The van der Waals surface area contributed by atoms with E-state index in [1.165, 1.54) is 19.1 Å². The van der Waals surface area contributed by atoms with Crippen LogP contribution in [0.2, 0.25) is 0 Å². The number of benzene rings is 1. The molecule has 36 heavy (non-hydrogen) atoms. The molecule has 6 unspecified atom stereocenters. The average Bonchev–Trinajstić information content (AvgIpc) is 2.74. The normalized spacial score (nSPS) is 24.8. The summed E-state index contributed by atoms with van der Waals surface area (Å²) in [5.41, 5.74) is 0.835. The molecule has 6 atom stereocenters. The fourth-order valence-corrected chi connectivity index (χ4v) is 4.74. The van der Waals surface area contributed by atoms with Crippen molar-refractivity contribution in [2.75, 3.05) is 6.61 Å². The molecule has 0 amide bonds. The highest BCUT2D eigenvalue weighted by Gasteiger charge is 2.54. The Morgan fingerprint density at radius 2 is 1.33 bits per heavy atom. The number of hydrogen-bond acceptors (Lipinski definition) is 12.